The van der Waals surface area contributed by atoms with E-state index >= 15 is 0 Å². The number of amides is 1. The average molecular weight is 264 g/mol. The molecule has 5 nitrogen and oxygen atoms in total. The number of carbonyl (C=O) groups is 1. The number of anilines is 2. The molecule has 0 saturated heterocycles. The smallest absolute Gasteiger partial charge is 0.275 e. The van der Waals surface area contributed by atoms with Gasteiger partial charge in [-0.1, -0.05) is 0 Å². The van der Waals surface area contributed by atoms with Gasteiger partial charge in [-0.3, -0.25) is 9.78 Å². The van der Waals surface area contributed by atoms with Crippen LogP contribution < -0.4 is 11.1 Å². The molecule has 1 aromatic carbocycles. The summed E-state index contributed by atoms with van der Waals surface area (Å²) in [6, 6.07) is 1.61. The molecular formula is C12H10F2N4O. The number of nitrogens with zero attached hydrogens (tertiary/aromatic N) is 2. The largest absolute Gasteiger partial charge is 0.396 e. The van der Waals surface area contributed by atoms with Gasteiger partial charge in [-0.05, 0) is 13.0 Å². The van der Waals surface area contributed by atoms with Crippen LogP contribution in [-0.2, 0) is 0 Å². The Morgan fingerprint density at radius 1 is 1.21 bits per heavy atom. The number of benzene rings is 1. The van der Waals surface area contributed by atoms with Gasteiger partial charge in [0, 0.05) is 12.3 Å². The van der Waals surface area contributed by atoms with Crippen LogP contribution in [0.15, 0.2) is 24.5 Å². The van der Waals surface area contributed by atoms with Crippen LogP contribution in [0, 0.1) is 18.6 Å². The minimum Gasteiger partial charge on any atom is -0.396 e. The molecule has 0 spiro atoms. The maximum absolute atomic E-state index is 13.4. The average Bonchev–Trinajstić information content (AvgIpc) is 2.36. The first-order valence-electron chi connectivity index (χ1n) is 5.32. The van der Waals surface area contributed by atoms with Crippen molar-refractivity contribution in [2.75, 3.05) is 11.1 Å². The third-order valence-corrected chi connectivity index (χ3v) is 2.35. The van der Waals surface area contributed by atoms with Crippen molar-refractivity contribution in [1.29, 1.82) is 0 Å². The first kappa shape index (κ1) is 12.9. The zero-order valence-corrected chi connectivity index (χ0v) is 9.95. The third kappa shape index (κ3) is 2.82. The molecule has 0 bridgehead atoms. The number of halogens is 2. The molecule has 1 amide bonds. The highest BCUT2D eigenvalue weighted by molar-refractivity contribution is 6.02. The van der Waals surface area contributed by atoms with Crippen LogP contribution in [0.2, 0.25) is 0 Å². The van der Waals surface area contributed by atoms with E-state index in [4.69, 9.17) is 5.73 Å². The van der Waals surface area contributed by atoms with E-state index in [1.807, 2.05) is 0 Å². The topological polar surface area (TPSA) is 80.9 Å². The van der Waals surface area contributed by atoms with Crippen molar-refractivity contribution in [3.05, 3.63) is 47.5 Å². The predicted octanol–water partition coefficient (Wildman–Crippen LogP) is 1.90. The highest BCUT2D eigenvalue weighted by Gasteiger charge is 2.13. The molecule has 1 aromatic heterocycles. The van der Waals surface area contributed by atoms with Crippen molar-refractivity contribution in [3.63, 3.8) is 0 Å². The molecule has 0 aliphatic rings. The Kier molecular flexibility index (Phi) is 3.37. The quantitative estimate of drug-likeness (QED) is 0.812. The zero-order valence-electron chi connectivity index (χ0n) is 9.95. The lowest BCUT2D eigenvalue weighted by molar-refractivity contribution is 0.102. The molecule has 0 radical (unpaired) electrons. The predicted molar refractivity (Wildman–Crippen MR) is 65.5 cm³/mol. The maximum Gasteiger partial charge on any atom is 0.275 e. The van der Waals surface area contributed by atoms with Gasteiger partial charge in [0.15, 0.2) is 0 Å². The van der Waals surface area contributed by atoms with Crippen LogP contribution in [0.1, 0.15) is 16.2 Å². The number of nitrogens with one attached hydrogen (secondary N) is 1. The summed E-state index contributed by atoms with van der Waals surface area (Å²) in [5.74, 6) is -2.46. The number of aryl methyl sites for hydroxylation is 1. The van der Waals surface area contributed by atoms with Gasteiger partial charge in [0.1, 0.15) is 17.3 Å². The van der Waals surface area contributed by atoms with Gasteiger partial charge in [0.25, 0.3) is 5.91 Å². The van der Waals surface area contributed by atoms with Gasteiger partial charge in [-0.15, -0.1) is 0 Å². The summed E-state index contributed by atoms with van der Waals surface area (Å²) in [7, 11) is 0. The first-order chi connectivity index (χ1) is 8.97. The molecule has 0 fully saturated rings. The third-order valence-electron chi connectivity index (χ3n) is 2.35. The molecule has 98 valence electrons. The summed E-state index contributed by atoms with van der Waals surface area (Å²) in [6.45, 7) is 1.72. The van der Waals surface area contributed by atoms with Gasteiger partial charge < -0.3 is 11.1 Å². The van der Waals surface area contributed by atoms with E-state index in [0.717, 1.165) is 6.07 Å². The first-order valence-corrected chi connectivity index (χ1v) is 5.32. The Bertz CT molecular complexity index is 628. The zero-order chi connectivity index (χ0) is 14.0. The monoisotopic (exact) mass is 264 g/mol. The van der Waals surface area contributed by atoms with Crippen LogP contribution in [0.4, 0.5) is 20.2 Å². The summed E-state index contributed by atoms with van der Waals surface area (Å²) in [4.78, 5) is 19.5. The summed E-state index contributed by atoms with van der Waals surface area (Å²) < 4.78 is 26.4. The summed E-state index contributed by atoms with van der Waals surface area (Å²) in [5, 5.41) is 2.25. The van der Waals surface area contributed by atoms with E-state index in [-0.39, 0.29) is 17.1 Å². The van der Waals surface area contributed by atoms with Gasteiger partial charge in [0.2, 0.25) is 0 Å². The van der Waals surface area contributed by atoms with Crippen LogP contribution in [-0.4, -0.2) is 15.9 Å². The van der Waals surface area contributed by atoms with Gasteiger partial charge in [-0.2, -0.15) is 0 Å². The Morgan fingerprint density at radius 3 is 2.58 bits per heavy atom. The molecule has 0 unspecified atom stereocenters. The number of nitrogens with two attached hydrogens (primary N) is 1. The second-order valence-corrected chi connectivity index (χ2v) is 3.85. The molecule has 0 saturated carbocycles. The SMILES string of the molecule is Cc1cnc(C(=O)Nc2cc(N)c(F)cc2F)cn1. The Balaban J connectivity index is 2.24. The van der Waals surface area contributed by atoms with E-state index in [2.05, 4.69) is 15.3 Å². The highest BCUT2D eigenvalue weighted by Crippen LogP contribution is 2.21. The number of nitrogen functional groups attached to an aromatic ring is 1. The van der Waals surface area contributed by atoms with Crippen molar-refractivity contribution in [2.24, 2.45) is 0 Å². The molecule has 2 aromatic rings. The summed E-state index contributed by atoms with van der Waals surface area (Å²) in [6.07, 6.45) is 2.67. The van der Waals surface area contributed by atoms with Crippen molar-refractivity contribution >= 4 is 17.3 Å². The molecular weight excluding hydrogens is 254 g/mol. The minimum atomic E-state index is -0.917. The fraction of sp³-hybridized carbons (Fsp3) is 0.0833. The summed E-state index contributed by atoms with van der Waals surface area (Å²) in [5.41, 5.74) is 5.50. The Labute approximate surface area is 107 Å². The van der Waals surface area contributed by atoms with Crippen LogP contribution in [0.5, 0.6) is 0 Å². The van der Waals surface area contributed by atoms with E-state index in [1.165, 1.54) is 12.4 Å². The molecule has 0 atom stereocenters. The molecule has 1 heterocycles. The van der Waals surface area contributed by atoms with Crippen LogP contribution in [0.25, 0.3) is 0 Å². The number of hydrogen-bond acceptors (Lipinski definition) is 4. The van der Waals surface area contributed by atoms with E-state index in [0.29, 0.717) is 11.8 Å². The molecule has 0 aliphatic carbocycles. The van der Waals surface area contributed by atoms with Crippen molar-refractivity contribution < 1.29 is 13.6 Å². The Morgan fingerprint density at radius 2 is 1.95 bits per heavy atom. The van der Waals surface area contributed by atoms with Crippen LogP contribution >= 0.6 is 0 Å². The Hall–Kier alpha value is -2.57. The highest BCUT2D eigenvalue weighted by atomic mass is 19.1. The standard InChI is InChI=1S/C12H10F2N4O/c1-6-4-17-11(5-16-6)12(19)18-10-3-9(15)7(13)2-8(10)14/h2-5H,15H2,1H3,(H,18,19). The summed E-state index contributed by atoms with van der Waals surface area (Å²) >= 11 is 0. The lowest BCUT2D eigenvalue weighted by Crippen LogP contribution is -2.15. The molecule has 7 heteroatoms. The van der Waals surface area contributed by atoms with Crippen molar-refractivity contribution in [2.45, 2.75) is 6.92 Å². The lowest BCUT2D eigenvalue weighted by Gasteiger charge is -2.07. The molecule has 19 heavy (non-hydrogen) atoms. The normalized spacial score (nSPS) is 10.3. The molecule has 0 aliphatic heterocycles. The molecule has 2 rings (SSSR count). The fourth-order valence-corrected chi connectivity index (χ4v) is 1.36. The number of rotatable bonds is 2. The fourth-order valence-electron chi connectivity index (χ4n) is 1.36. The van der Waals surface area contributed by atoms with Gasteiger partial charge >= 0.3 is 0 Å². The maximum atomic E-state index is 13.4. The second kappa shape index (κ2) is 4.97. The van der Waals surface area contributed by atoms with Gasteiger partial charge in [0.05, 0.1) is 23.3 Å². The van der Waals surface area contributed by atoms with Gasteiger partial charge in [-0.25, -0.2) is 13.8 Å². The van der Waals surface area contributed by atoms with E-state index in [9.17, 15) is 13.6 Å². The number of aromatic nitrogens is 2. The van der Waals surface area contributed by atoms with E-state index in [1.54, 1.807) is 6.92 Å². The second-order valence-electron chi connectivity index (χ2n) is 3.85. The van der Waals surface area contributed by atoms with E-state index < -0.39 is 17.5 Å². The van der Waals surface area contributed by atoms with Crippen LogP contribution in [0.3, 0.4) is 0 Å². The van der Waals surface area contributed by atoms with Crippen molar-refractivity contribution in [3.8, 4) is 0 Å². The van der Waals surface area contributed by atoms with Crippen molar-refractivity contribution in [1.82, 2.24) is 9.97 Å². The molecule has 3 N–H and O–H groups in total. The minimum absolute atomic E-state index is 0.0212. The number of carbonyl (C=O) groups excluding carboxylic acids is 1. The number of hydrogen-bond donors (Lipinski definition) is 2. The lowest BCUT2D eigenvalue weighted by atomic mass is 10.2.